The van der Waals surface area contributed by atoms with E-state index in [1.54, 1.807) is 57.2 Å². The second-order valence-corrected chi connectivity index (χ2v) is 16.5. The second-order valence-electron chi connectivity index (χ2n) is 14.0. The first-order valence-electron chi connectivity index (χ1n) is 16.8. The highest BCUT2D eigenvalue weighted by Gasteiger charge is 2.39. The predicted octanol–water partition coefficient (Wildman–Crippen LogP) is 4.95. The lowest BCUT2D eigenvalue weighted by molar-refractivity contribution is -0.132. The lowest BCUT2D eigenvalue weighted by Gasteiger charge is -2.30. The van der Waals surface area contributed by atoms with Crippen molar-refractivity contribution in [2.45, 2.75) is 83.8 Å². The molecule has 0 fully saturated rings. The topological polar surface area (TPSA) is 177 Å². The number of hydrogen-bond acceptors (Lipinski definition) is 6. The van der Waals surface area contributed by atoms with Crippen molar-refractivity contribution in [2.75, 3.05) is 6.16 Å². The Kier molecular flexibility index (Phi) is 14.8. The summed E-state index contributed by atoms with van der Waals surface area (Å²) in [6.07, 6.45) is -0.834. The van der Waals surface area contributed by atoms with E-state index < -0.39 is 66.7 Å². The maximum Gasteiger partial charge on any atom is 0.408 e. The minimum atomic E-state index is -4.34. The molecule has 0 aliphatic carbocycles. The number of primary amides is 1. The Bertz CT molecular complexity index is 1600. The molecule has 0 heterocycles. The Balaban J connectivity index is 1.90. The molecular weight excluding hydrogens is 655 g/mol. The first-order valence-corrected chi connectivity index (χ1v) is 18.8. The van der Waals surface area contributed by atoms with E-state index in [-0.39, 0.29) is 31.6 Å². The average molecular weight is 707 g/mol. The minimum Gasteiger partial charge on any atom is -0.444 e. The SMILES string of the molecule is CC(C)C[C@H](NC(=O)[C@H](Cc1ccccc1)CP(=O)(O)[C@H](Cc1ccccc1)NC(=O)OC(C)(C)C)C(=O)N[C@@H](Cc1ccccc1)C(N)=O. The molecule has 0 saturated heterocycles. The fourth-order valence-corrected chi connectivity index (χ4v) is 7.48. The third-order valence-corrected chi connectivity index (χ3v) is 10.2. The van der Waals surface area contributed by atoms with E-state index in [1.165, 1.54) is 0 Å². The van der Waals surface area contributed by atoms with E-state index in [2.05, 4.69) is 16.0 Å². The van der Waals surface area contributed by atoms with Gasteiger partial charge in [-0.3, -0.25) is 18.9 Å². The van der Waals surface area contributed by atoms with Gasteiger partial charge in [0.05, 0.1) is 5.92 Å². The van der Waals surface area contributed by atoms with Gasteiger partial charge in [0.25, 0.3) is 0 Å². The van der Waals surface area contributed by atoms with Gasteiger partial charge in [-0.25, -0.2) is 4.79 Å². The lowest BCUT2D eigenvalue weighted by atomic mass is 9.97. The molecule has 6 N–H and O–H groups in total. The van der Waals surface area contributed by atoms with Crippen molar-refractivity contribution >= 4 is 31.2 Å². The summed E-state index contributed by atoms with van der Waals surface area (Å²) in [6, 6.07) is 25.0. The molecule has 3 rings (SSSR count). The Morgan fingerprint density at radius 2 is 1.18 bits per heavy atom. The van der Waals surface area contributed by atoms with E-state index in [0.717, 1.165) is 11.1 Å². The number of nitrogens with one attached hydrogen (secondary N) is 3. The monoisotopic (exact) mass is 706 g/mol. The third-order valence-electron chi connectivity index (χ3n) is 7.90. The number of rotatable bonds is 17. The number of ether oxygens (including phenoxy) is 1. The maximum absolute atomic E-state index is 14.3. The molecule has 0 spiro atoms. The summed E-state index contributed by atoms with van der Waals surface area (Å²) in [6.45, 7) is 8.85. The summed E-state index contributed by atoms with van der Waals surface area (Å²) in [5.74, 6) is -4.29. The van der Waals surface area contributed by atoms with E-state index in [1.807, 2.05) is 68.4 Å². The van der Waals surface area contributed by atoms with Crippen molar-refractivity contribution in [1.29, 1.82) is 0 Å². The van der Waals surface area contributed by atoms with Crippen LogP contribution in [0.1, 0.15) is 57.7 Å². The summed E-state index contributed by atoms with van der Waals surface area (Å²) in [5, 5.41) is 8.11. The number of carbonyl (C=O) groups is 4. The fourth-order valence-electron chi connectivity index (χ4n) is 5.49. The van der Waals surface area contributed by atoms with Gasteiger partial charge in [-0.15, -0.1) is 0 Å². The van der Waals surface area contributed by atoms with Crippen LogP contribution in [0.25, 0.3) is 0 Å². The lowest BCUT2D eigenvalue weighted by Crippen LogP contribution is -2.55. The molecule has 0 saturated carbocycles. The predicted molar refractivity (Wildman–Crippen MR) is 194 cm³/mol. The molecule has 0 aromatic heterocycles. The van der Waals surface area contributed by atoms with Gasteiger partial charge in [0.15, 0.2) is 0 Å². The Morgan fingerprint density at radius 3 is 1.64 bits per heavy atom. The first-order chi connectivity index (χ1) is 23.5. The molecule has 0 bridgehead atoms. The summed E-state index contributed by atoms with van der Waals surface area (Å²) < 4.78 is 19.7. The molecule has 1 unspecified atom stereocenters. The molecule has 3 aromatic rings. The molecule has 4 amide bonds. The molecule has 50 heavy (non-hydrogen) atoms. The molecule has 12 heteroatoms. The zero-order valence-electron chi connectivity index (χ0n) is 29.5. The van der Waals surface area contributed by atoms with Crippen LogP contribution in [0.2, 0.25) is 0 Å². The van der Waals surface area contributed by atoms with Crippen molar-refractivity contribution < 1.29 is 33.4 Å². The number of alkyl carbamates (subject to hydrolysis) is 1. The zero-order chi connectivity index (χ0) is 36.9. The number of amides is 4. The van der Waals surface area contributed by atoms with Crippen LogP contribution in [-0.2, 0) is 42.9 Å². The Morgan fingerprint density at radius 1 is 0.720 bits per heavy atom. The normalized spacial score (nSPS) is 15.1. The van der Waals surface area contributed by atoms with Gasteiger partial charge in [-0.1, -0.05) is 105 Å². The van der Waals surface area contributed by atoms with Gasteiger partial charge in [0, 0.05) is 19.0 Å². The molecule has 3 aromatic carbocycles. The Hall–Kier alpha value is -4.47. The van der Waals surface area contributed by atoms with E-state index >= 15 is 0 Å². The van der Waals surface area contributed by atoms with Crippen molar-refractivity contribution in [3.05, 3.63) is 108 Å². The zero-order valence-corrected chi connectivity index (χ0v) is 30.4. The van der Waals surface area contributed by atoms with Crippen molar-refractivity contribution in [1.82, 2.24) is 16.0 Å². The van der Waals surface area contributed by atoms with Crippen LogP contribution in [0, 0.1) is 11.8 Å². The van der Waals surface area contributed by atoms with E-state index in [9.17, 15) is 28.6 Å². The molecule has 5 atom stereocenters. The molecule has 270 valence electrons. The molecule has 0 aliphatic rings. The smallest absolute Gasteiger partial charge is 0.408 e. The minimum absolute atomic E-state index is 0.0157. The third kappa shape index (κ3) is 13.8. The number of hydrogen-bond donors (Lipinski definition) is 5. The van der Waals surface area contributed by atoms with Gasteiger partial charge in [0.2, 0.25) is 25.1 Å². The summed E-state index contributed by atoms with van der Waals surface area (Å²) in [4.78, 5) is 64.6. The van der Waals surface area contributed by atoms with Crippen molar-refractivity contribution in [3.8, 4) is 0 Å². The molecule has 0 radical (unpaired) electrons. The first kappa shape index (κ1) is 40.0. The molecule has 0 aliphatic heterocycles. The standard InChI is InChI=1S/C38H51N4O7P/c1-26(2)21-32(36(45)40-31(34(39)43)23-28-17-11-7-12-18-28)41-35(44)30(22-27-15-9-6-10-16-27)25-50(47,48)33(24-29-19-13-8-14-20-29)42-37(46)49-38(3,4)5/h6-20,26,30-33H,21-25H2,1-5H3,(H2,39,43)(H,40,45)(H,41,44)(H,42,46)(H,47,48)/t30-,31+,32+,33-/m1/s1. The average Bonchev–Trinajstić information content (AvgIpc) is 3.03. The fraction of sp³-hybridized carbons (Fsp3) is 0.421. The van der Waals surface area contributed by atoms with E-state index in [0.29, 0.717) is 5.56 Å². The highest BCUT2D eigenvalue weighted by molar-refractivity contribution is 7.58. The molecular formula is C38H51N4O7P. The number of benzene rings is 3. The summed E-state index contributed by atoms with van der Waals surface area (Å²) in [5.41, 5.74) is 7.05. The summed E-state index contributed by atoms with van der Waals surface area (Å²) >= 11 is 0. The highest BCUT2D eigenvalue weighted by Crippen LogP contribution is 2.48. The van der Waals surface area contributed by atoms with Gasteiger partial charge in [0.1, 0.15) is 23.5 Å². The van der Waals surface area contributed by atoms with Gasteiger partial charge in [-0.05, 0) is 56.2 Å². The number of carbonyl (C=O) groups excluding carboxylic acids is 4. The van der Waals surface area contributed by atoms with Crippen LogP contribution < -0.4 is 21.7 Å². The van der Waals surface area contributed by atoms with Crippen LogP contribution in [0.5, 0.6) is 0 Å². The van der Waals surface area contributed by atoms with Gasteiger partial charge < -0.3 is 31.3 Å². The quantitative estimate of drug-likeness (QED) is 0.123. The van der Waals surface area contributed by atoms with Crippen LogP contribution >= 0.6 is 7.37 Å². The van der Waals surface area contributed by atoms with Crippen LogP contribution in [0.15, 0.2) is 91.0 Å². The van der Waals surface area contributed by atoms with Crippen LogP contribution in [0.4, 0.5) is 4.79 Å². The van der Waals surface area contributed by atoms with Crippen LogP contribution in [0.3, 0.4) is 0 Å². The maximum atomic E-state index is 14.3. The second kappa shape index (κ2) is 18.5. The van der Waals surface area contributed by atoms with Gasteiger partial charge in [-0.2, -0.15) is 0 Å². The van der Waals surface area contributed by atoms with Crippen LogP contribution in [-0.4, -0.2) is 58.3 Å². The van der Waals surface area contributed by atoms with Crippen molar-refractivity contribution in [2.24, 2.45) is 17.6 Å². The largest absolute Gasteiger partial charge is 0.444 e. The van der Waals surface area contributed by atoms with E-state index in [4.69, 9.17) is 10.5 Å². The van der Waals surface area contributed by atoms with Gasteiger partial charge >= 0.3 is 6.09 Å². The Labute approximate surface area is 295 Å². The highest BCUT2D eigenvalue weighted by atomic mass is 31.2. The summed E-state index contributed by atoms with van der Waals surface area (Å²) in [7, 11) is -4.34. The number of nitrogens with two attached hydrogens (primary N) is 1. The van der Waals surface area contributed by atoms with Crippen molar-refractivity contribution in [3.63, 3.8) is 0 Å². The molecule has 11 nitrogen and oxygen atoms in total.